The zero-order valence-corrected chi connectivity index (χ0v) is 12.3. The van der Waals surface area contributed by atoms with Crippen molar-refractivity contribution >= 4 is 16.7 Å². The van der Waals surface area contributed by atoms with Crippen molar-refractivity contribution in [3.8, 4) is 0 Å². The quantitative estimate of drug-likeness (QED) is 0.816. The second-order valence-corrected chi connectivity index (χ2v) is 5.11. The third kappa shape index (κ3) is 4.28. The molecule has 3 N–H and O–H groups in total. The Morgan fingerprint density at radius 1 is 1.24 bits per heavy atom. The Balaban J connectivity index is 2.07. The second kappa shape index (κ2) is 7.76. The minimum Gasteiger partial charge on any atom is -0.383 e. The zero-order chi connectivity index (χ0) is 15.1. The number of nitrogens with two attached hydrogens (primary N) is 1. The fraction of sp³-hybridized carbons (Fsp3) is 0.353. The van der Waals surface area contributed by atoms with E-state index in [4.69, 9.17) is 10.5 Å². The molecule has 4 heteroatoms. The monoisotopic (exact) mass is 286 g/mol. The molecule has 0 aliphatic carbocycles. The van der Waals surface area contributed by atoms with E-state index in [0.717, 1.165) is 22.8 Å². The number of fused-ring (bicyclic) bond motifs is 1. The molecule has 1 atom stereocenters. The molecule has 0 saturated carbocycles. The first-order chi connectivity index (χ1) is 10.2. The van der Waals surface area contributed by atoms with Crippen molar-refractivity contribution in [3.63, 3.8) is 0 Å². The molecular weight excluding hydrogens is 264 g/mol. The Labute approximate surface area is 125 Å². The molecule has 2 rings (SSSR count). The van der Waals surface area contributed by atoms with Crippen LogP contribution in [0.5, 0.6) is 0 Å². The first-order valence-electron chi connectivity index (χ1n) is 7.19. The molecule has 1 unspecified atom stereocenters. The van der Waals surface area contributed by atoms with Crippen molar-refractivity contribution < 1.29 is 9.53 Å². The molecule has 0 heterocycles. The molecule has 0 aliphatic rings. The number of methoxy groups -OCH3 is 1. The highest BCUT2D eigenvalue weighted by Crippen LogP contribution is 2.18. The molecule has 4 nitrogen and oxygen atoms in total. The summed E-state index contributed by atoms with van der Waals surface area (Å²) in [5, 5.41) is 5.26. The smallest absolute Gasteiger partial charge is 0.224 e. The Morgan fingerprint density at radius 2 is 2.00 bits per heavy atom. The molecule has 2 aromatic carbocycles. The Hall–Kier alpha value is -1.91. The lowest BCUT2D eigenvalue weighted by atomic mass is 10.0. The van der Waals surface area contributed by atoms with Gasteiger partial charge in [0.2, 0.25) is 5.91 Å². The van der Waals surface area contributed by atoms with E-state index in [0.29, 0.717) is 19.6 Å². The molecular formula is C17H22N2O2. The van der Waals surface area contributed by atoms with Gasteiger partial charge in [0.1, 0.15) is 0 Å². The zero-order valence-electron chi connectivity index (χ0n) is 12.3. The Bertz CT molecular complexity index is 587. The van der Waals surface area contributed by atoms with Gasteiger partial charge in [-0.3, -0.25) is 4.79 Å². The van der Waals surface area contributed by atoms with Crippen LogP contribution < -0.4 is 11.1 Å². The molecule has 0 aromatic heterocycles. The molecule has 0 fully saturated rings. The van der Waals surface area contributed by atoms with Crippen molar-refractivity contribution in [1.29, 1.82) is 0 Å². The number of amides is 1. The molecule has 0 spiro atoms. The summed E-state index contributed by atoms with van der Waals surface area (Å²) in [6, 6.07) is 14.1. The Kier molecular flexibility index (Phi) is 5.72. The van der Waals surface area contributed by atoms with Gasteiger partial charge in [0, 0.05) is 7.11 Å². The fourth-order valence-electron chi connectivity index (χ4n) is 2.50. The number of carbonyl (C=O) groups is 1. The highest BCUT2D eigenvalue weighted by molar-refractivity contribution is 5.90. The summed E-state index contributed by atoms with van der Waals surface area (Å²) in [5.41, 5.74) is 6.59. The van der Waals surface area contributed by atoms with Crippen LogP contribution in [0.15, 0.2) is 42.5 Å². The van der Waals surface area contributed by atoms with E-state index >= 15 is 0 Å². The number of hydrogen-bond acceptors (Lipinski definition) is 3. The van der Waals surface area contributed by atoms with Crippen LogP contribution >= 0.6 is 0 Å². The molecule has 2 aromatic rings. The van der Waals surface area contributed by atoms with E-state index in [1.54, 1.807) is 7.11 Å². The predicted molar refractivity (Wildman–Crippen MR) is 85.1 cm³/mol. The number of nitrogens with one attached hydrogen (secondary N) is 1. The standard InChI is InChI=1S/C17H22N2O2/c1-21-12-15(9-10-18)19-17(20)11-14-7-4-6-13-5-2-3-8-16(13)14/h2-8,15H,9-12,18H2,1H3,(H,19,20). The number of hydrogen-bond donors (Lipinski definition) is 2. The van der Waals surface area contributed by atoms with Gasteiger partial charge < -0.3 is 15.8 Å². The number of benzene rings is 2. The number of carbonyl (C=O) groups excluding carboxylic acids is 1. The summed E-state index contributed by atoms with van der Waals surface area (Å²) < 4.78 is 5.11. The average Bonchev–Trinajstić information content (AvgIpc) is 2.48. The molecule has 1 amide bonds. The van der Waals surface area contributed by atoms with Gasteiger partial charge in [-0.25, -0.2) is 0 Å². The van der Waals surface area contributed by atoms with E-state index in [1.165, 1.54) is 0 Å². The van der Waals surface area contributed by atoms with Crippen LogP contribution in [0.3, 0.4) is 0 Å². The van der Waals surface area contributed by atoms with Gasteiger partial charge in [-0.15, -0.1) is 0 Å². The maximum atomic E-state index is 12.2. The lowest BCUT2D eigenvalue weighted by Gasteiger charge is -2.17. The van der Waals surface area contributed by atoms with Crippen LogP contribution in [-0.4, -0.2) is 32.2 Å². The van der Waals surface area contributed by atoms with E-state index in [1.807, 2.05) is 30.3 Å². The molecule has 0 aliphatic heterocycles. The lowest BCUT2D eigenvalue weighted by Crippen LogP contribution is -2.40. The van der Waals surface area contributed by atoms with Gasteiger partial charge in [-0.2, -0.15) is 0 Å². The normalized spacial score (nSPS) is 12.3. The van der Waals surface area contributed by atoms with Gasteiger partial charge >= 0.3 is 0 Å². The highest BCUT2D eigenvalue weighted by Gasteiger charge is 2.12. The van der Waals surface area contributed by atoms with Gasteiger partial charge in [-0.05, 0) is 29.3 Å². The van der Waals surface area contributed by atoms with Crippen molar-refractivity contribution in [2.24, 2.45) is 5.73 Å². The minimum atomic E-state index is -0.0255. The van der Waals surface area contributed by atoms with E-state index in [-0.39, 0.29) is 11.9 Å². The average molecular weight is 286 g/mol. The van der Waals surface area contributed by atoms with Crippen LogP contribution in [0.25, 0.3) is 10.8 Å². The first kappa shape index (κ1) is 15.5. The van der Waals surface area contributed by atoms with Crippen molar-refractivity contribution in [1.82, 2.24) is 5.32 Å². The summed E-state index contributed by atoms with van der Waals surface area (Å²) in [6.45, 7) is 1.01. The third-order valence-corrected chi connectivity index (χ3v) is 3.48. The Morgan fingerprint density at radius 3 is 2.76 bits per heavy atom. The van der Waals surface area contributed by atoms with Crippen LogP contribution in [0.2, 0.25) is 0 Å². The lowest BCUT2D eigenvalue weighted by molar-refractivity contribution is -0.121. The summed E-state index contributed by atoms with van der Waals surface area (Å²) in [6.07, 6.45) is 1.08. The third-order valence-electron chi connectivity index (χ3n) is 3.48. The van der Waals surface area contributed by atoms with Gasteiger partial charge in [0.05, 0.1) is 19.1 Å². The predicted octanol–water partition coefficient (Wildman–Crippen LogP) is 1.86. The van der Waals surface area contributed by atoms with Gasteiger partial charge in [0.25, 0.3) is 0 Å². The molecule has 0 bridgehead atoms. The topological polar surface area (TPSA) is 64.3 Å². The van der Waals surface area contributed by atoms with Crippen LogP contribution in [0, 0.1) is 0 Å². The van der Waals surface area contributed by atoms with E-state index < -0.39 is 0 Å². The second-order valence-electron chi connectivity index (χ2n) is 5.11. The SMILES string of the molecule is COCC(CCN)NC(=O)Cc1cccc2ccccc12. The maximum Gasteiger partial charge on any atom is 0.224 e. The fourth-order valence-corrected chi connectivity index (χ4v) is 2.50. The van der Waals surface area contributed by atoms with Crippen LogP contribution in [0.4, 0.5) is 0 Å². The van der Waals surface area contributed by atoms with Gasteiger partial charge in [0.15, 0.2) is 0 Å². The molecule has 0 radical (unpaired) electrons. The van der Waals surface area contributed by atoms with Crippen LogP contribution in [0.1, 0.15) is 12.0 Å². The largest absolute Gasteiger partial charge is 0.383 e. The van der Waals surface area contributed by atoms with Crippen molar-refractivity contribution in [2.75, 3.05) is 20.3 Å². The molecule has 112 valence electrons. The number of ether oxygens (including phenoxy) is 1. The molecule has 0 saturated heterocycles. The highest BCUT2D eigenvalue weighted by atomic mass is 16.5. The summed E-state index contributed by atoms with van der Waals surface area (Å²) in [5.74, 6) is 0.00172. The summed E-state index contributed by atoms with van der Waals surface area (Å²) in [7, 11) is 1.63. The number of rotatable bonds is 7. The van der Waals surface area contributed by atoms with Crippen molar-refractivity contribution in [2.45, 2.75) is 18.9 Å². The van der Waals surface area contributed by atoms with Crippen LogP contribution in [-0.2, 0) is 16.0 Å². The first-order valence-corrected chi connectivity index (χ1v) is 7.19. The summed E-state index contributed by atoms with van der Waals surface area (Å²) in [4.78, 5) is 12.2. The minimum absolute atomic E-state index is 0.00172. The van der Waals surface area contributed by atoms with E-state index in [9.17, 15) is 4.79 Å². The summed E-state index contributed by atoms with van der Waals surface area (Å²) >= 11 is 0. The maximum absolute atomic E-state index is 12.2. The van der Waals surface area contributed by atoms with Gasteiger partial charge in [-0.1, -0.05) is 42.5 Å². The molecule has 21 heavy (non-hydrogen) atoms. The van der Waals surface area contributed by atoms with E-state index in [2.05, 4.69) is 17.4 Å². The van der Waals surface area contributed by atoms with Crippen molar-refractivity contribution in [3.05, 3.63) is 48.0 Å².